The van der Waals surface area contributed by atoms with Crippen molar-refractivity contribution in [3.63, 3.8) is 0 Å². The second kappa shape index (κ2) is 5.75. The minimum Gasteiger partial charge on any atom is -0.239 e. The molecule has 0 radical (unpaired) electrons. The smallest absolute Gasteiger partial charge is 0.120 e. The van der Waals surface area contributed by atoms with Crippen molar-refractivity contribution in [2.45, 2.75) is 26.2 Å². The summed E-state index contributed by atoms with van der Waals surface area (Å²) in [5, 5.41) is 0. The van der Waals surface area contributed by atoms with E-state index in [9.17, 15) is 0 Å². The van der Waals surface area contributed by atoms with Gasteiger partial charge >= 0.3 is 0 Å². The first-order chi connectivity index (χ1) is 9.50. The van der Waals surface area contributed by atoms with Crippen LogP contribution in [0.3, 0.4) is 0 Å². The van der Waals surface area contributed by atoms with Crippen molar-refractivity contribution in [1.82, 2.24) is 0 Å². The molecule has 2 aromatic rings. The van der Waals surface area contributed by atoms with E-state index in [0.717, 1.165) is 11.3 Å². The zero-order valence-electron chi connectivity index (χ0n) is 12.2. The highest BCUT2D eigenvalue weighted by Crippen LogP contribution is 2.22. The molecule has 0 fully saturated rings. The fourth-order valence-electron chi connectivity index (χ4n) is 1.94. The number of benzene rings is 2. The van der Waals surface area contributed by atoms with E-state index in [4.69, 9.17) is 6.42 Å². The van der Waals surface area contributed by atoms with Crippen molar-refractivity contribution in [2.75, 3.05) is 0 Å². The van der Waals surface area contributed by atoms with Crippen molar-refractivity contribution in [1.29, 1.82) is 0 Å². The van der Waals surface area contributed by atoms with Gasteiger partial charge < -0.3 is 0 Å². The van der Waals surface area contributed by atoms with Crippen LogP contribution in [0.5, 0.6) is 0 Å². The third-order valence-electron chi connectivity index (χ3n) is 3.16. The maximum atomic E-state index is 5.60. The predicted octanol–water partition coefficient (Wildman–Crippen LogP) is 4.74. The van der Waals surface area contributed by atoms with Crippen LogP contribution in [0, 0.1) is 12.3 Å². The first kappa shape index (κ1) is 14.1. The molecule has 2 aromatic carbocycles. The van der Waals surface area contributed by atoms with Gasteiger partial charge in [0, 0.05) is 5.56 Å². The molecule has 0 aliphatic carbocycles. The first-order valence-electron chi connectivity index (χ1n) is 6.72. The van der Waals surface area contributed by atoms with Crippen LogP contribution in [0.1, 0.15) is 31.9 Å². The molecule has 0 spiro atoms. The summed E-state index contributed by atoms with van der Waals surface area (Å²) in [6, 6.07) is 18.1. The summed E-state index contributed by atoms with van der Waals surface area (Å²) in [7, 11) is 0. The minimum atomic E-state index is 0.144. The Hall–Kier alpha value is -2.33. The molecule has 0 N–H and O–H groups in total. The summed E-state index contributed by atoms with van der Waals surface area (Å²) in [5.74, 6) is 2.68. The average Bonchev–Trinajstić information content (AvgIpc) is 2.45. The molecule has 0 heterocycles. The summed E-state index contributed by atoms with van der Waals surface area (Å²) in [6.45, 7) is 6.59. The summed E-state index contributed by atoms with van der Waals surface area (Å²) < 4.78 is 0. The van der Waals surface area contributed by atoms with Crippen LogP contribution in [0.25, 0.3) is 0 Å². The summed E-state index contributed by atoms with van der Waals surface area (Å²) in [4.78, 5) is 4.52. The van der Waals surface area contributed by atoms with Crippen LogP contribution in [0.4, 0.5) is 5.69 Å². The molecule has 100 valence electrons. The first-order valence-corrected chi connectivity index (χ1v) is 6.72. The van der Waals surface area contributed by atoms with Crippen LogP contribution < -0.4 is 0 Å². The topological polar surface area (TPSA) is 12.4 Å². The highest BCUT2D eigenvalue weighted by Gasteiger charge is 2.13. The SMILES string of the molecule is C#CC(=Nc1ccccc1)c1ccc(C(C)(C)C)cc1. The van der Waals surface area contributed by atoms with Gasteiger partial charge in [0.25, 0.3) is 0 Å². The lowest BCUT2D eigenvalue weighted by atomic mass is 9.86. The molecule has 0 unspecified atom stereocenters. The van der Waals surface area contributed by atoms with Crippen LogP contribution >= 0.6 is 0 Å². The molecule has 0 aliphatic rings. The molecule has 2 rings (SSSR count). The lowest BCUT2D eigenvalue weighted by molar-refractivity contribution is 0.590. The van der Waals surface area contributed by atoms with Crippen LogP contribution in [0.2, 0.25) is 0 Å². The molecule has 20 heavy (non-hydrogen) atoms. The third kappa shape index (κ3) is 3.36. The molecule has 0 saturated heterocycles. The highest BCUT2D eigenvalue weighted by molar-refractivity contribution is 6.13. The van der Waals surface area contributed by atoms with E-state index in [1.807, 2.05) is 42.5 Å². The Kier molecular flexibility index (Phi) is 4.05. The van der Waals surface area contributed by atoms with Crippen molar-refractivity contribution in [3.8, 4) is 12.3 Å². The van der Waals surface area contributed by atoms with Gasteiger partial charge in [-0.1, -0.05) is 63.2 Å². The van der Waals surface area contributed by atoms with Gasteiger partial charge in [-0.2, -0.15) is 0 Å². The molecular weight excluding hydrogens is 242 g/mol. The number of terminal acetylenes is 1. The molecule has 0 aromatic heterocycles. The molecule has 0 amide bonds. The van der Waals surface area contributed by atoms with Gasteiger partial charge in [0.2, 0.25) is 0 Å². The fourth-order valence-corrected chi connectivity index (χ4v) is 1.94. The predicted molar refractivity (Wildman–Crippen MR) is 86.6 cm³/mol. The molecule has 1 nitrogen and oxygen atoms in total. The van der Waals surface area contributed by atoms with Gasteiger partial charge in [0.1, 0.15) is 5.71 Å². The maximum Gasteiger partial charge on any atom is 0.120 e. The molecule has 0 aliphatic heterocycles. The monoisotopic (exact) mass is 261 g/mol. The zero-order valence-corrected chi connectivity index (χ0v) is 12.2. The van der Waals surface area contributed by atoms with E-state index in [0.29, 0.717) is 5.71 Å². The Morgan fingerprint density at radius 2 is 1.55 bits per heavy atom. The van der Waals surface area contributed by atoms with E-state index in [1.54, 1.807) is 0 Å². The van der Waals surface area contributed by atoms with Crippen LogP contribution in [-0.4, -0.2) is 5.71 Å². The lowest BCUT2D eigenvalue weighted by Crippen LogP contribution is -2.11. The molecule has 1 heteroatoms. The number of hydrogen-bond acceptors (Lipinski definition) is 1. The van der Waals surface area contributed by atoms with Gasteiger partial charge in [-0.15, -0.1) is 6.42 Å². The largest absolute Gasteiger partial charge is 0.239 e. The van der Waals surface area contributed by atoms with E-state index >= 15 is 0 Å². The molecule has 0 saturated carbocycles. The van der Waals surface area contributed by atoms with Crippen molar-refractivity contribution in [3.05, 3.63) is 65.7 Å². The summed E-state index contributed by atoms with van der Waals surface area (Å²) in [5.41, 5.74) is 3.95. The van der Waals surface area contributed by atoms with Crippen molar-refractivity contribution < 1.29 is 0 Å². The van der Waals surface area contributed by atoms with Gasteiger partial charge in [-0.25, -0.2) is 4.99 Å². The normalized spacial score (nSPS) is 12.0. The van der Waals surface area contributed by atoms with Gasteiger partial charge in [-0.3, -0.25) is 0 Å². The van der Waals surface area contributed by atoms with Gasteiger partial charge in [-0.05, 0) is 29.0 Å². The molecule has 0 atom stereocenters. The summed E-state index contributed by atoms with van der Waals surface area (Å²) in [6.07, 6.45) is 5.60. The minimum absolute atomic E-state index is 0.144. The quantitative estimate of drug-likeness (QED) is 0.547. The Labute approximate surface area is 121 Å². The summed E-state index contributed by atoms with van der Waals surface area (Å²) >= 11 is 0. The van der Waals surface area contributed by atoms with Gasteiger partial charge in [0.05, 0.1) is 5.69 Å². The Morgan fingerprint density at radius 3 is 2.05 bits per heavy atom. The number of hydrogen-bond donors (Lipinski definition) is 0. The van der Waals surface area contributed by atoms with Crippen molar-refractivity contribution in [2.24, 2.45) is 4.99 Å². The van der Waals surface area contributed by atoms with E-state index in [2.05, 4.69) is 43.8 Å². The van der Waals surface area contributed by atoms with Crippen LogP contribution in [0.15, 0.2) is 59.6 Å². The fraction of sp³-hybridized carbons (Fsp3) is 0.211. The Bertz CT molecular complexity index is 635. The second-order valence-electron chi connectivity index (χ2n) is 5.77. The Morgan fingerprint density at radius 1 is 0.950 bits per heavy atom. The maximum absolute atomic E-state index is 5.60. The second-order valence-corrected chi connectivity index (χ2v) is 5.77. The zero-order chi connectivity index (χ0) is 14.6. The Balaban J connectivity index is 2.34. The van der Waals surface area contributed by atoms with Gasteiger partial charge in [0.15, 0.2) is 0 Å². The number of aliphatic imine (C=N–C) groups is 1. The number of nitrogens with zero attached hydrogens (tertiary/aromatic N) is 1. The average molecular weight is 261 g/mol. The molecular formula is C19H19N. The number of para-hydroxylation sites is 1. The van der Waals surface area contributed by atoms with E-state index < -0.39 is 0 Å². The lowest BCUT2D eigenvalue weighted by Gasteiger charge is -2.19. The standard InChI is InChI=1S/C19H19N/c1-5-18(20-17-9-7-6-8-10-17)15-11-13-16(14-12-15)19(2,3)4/h1,6-14H,2-4H3. The highest BCUT2D eigenvalue weighted by atomic mass is 14.7. The van der Waals surface area contributed by atoms with E-state index in [1.165, 1.54) is 5.56 Å². The number of rotatable bonds is 2. The van der Waals surface area contributed by atoms with Crippen molar-refractivity contribution >= 4 is 11.4 Å². The van der Waals surface area contributed by atoms with Crippen LogP contribution in [-0.2, 0) is 5.41 Å². The third-order valence-corrected chi connectivity index (χ3v) is 3.16. The molecule has 0 bridgehead atoms. The van der Waals surface area contributed by atoms with E-state index in [-0.39, 0.29) is 5.41 Å².